The quantitative estimate of drug-likeness (QED) is 0.416. The first-order valence-electron chi connectivity index (χ1n) is 9.24. The van der Waals surface area contributed by atoms with Gasteiger partial charge in [-0.3, -0.25) is 9.69 Å². The van der Waals surface area contributed by atoms with Crippen molar-refractivity contribution in [2.45, 2.75) is 27.2 Å². The van der Waals surface area contributed by atoms with Gasteiger partial charge in [-0.25, -0.2) is 4.98 Å². The Labute approximate surface area is 185 Å². The maximum absolute atomic E-state index is 13.2. The average molecular weight is 458 g/mol. The number of thiazole rings is 1. The number of anilines is 1. The minimum atomic E-state index is -0.0335. The van der Waals surface area contributed by atoms with E-state index in [9.17, 15) is 4.79 Å². The molecular weight excluding hydrogens is 433 g/mol. The van der Waals surface area contributed by atoms with Gasteiger partial charge in [-0.15, -0.1) is 23.7 Å². The number of rotatable bonds is 8. The predicted octanol–water partition coefficient (Wildman–Crippen LogP) is 5.98. The molecule has 28 heavy (non-hydrogen) atoms. The molecule has 1 amide bonds. The second-order valence-electron chi connectivity index (χ2n) is 6.24. The van der Waals surface area contributed by atoms with E-state index in [4.69, 9.17) is 16.6 Å². The molecule has 2 heterocycles. The van der Waals surface area contributed by atoms with Crippen LogP contribution in [-0.2, 0) is 6.42 Å². The predicted molar refractivity (Wildman–Crippen MR) is 125 cm³/mol. The van der Waals surface area contributed by atoms with Crippen LogP contribution in [0.4, 0.5) is 5.13 Å². The molecule has 0 radical (unpaired) electrons. The molecule has 0 N–H and O–H groups in total. The third-order valence-corrected chi connectivity index (χ3v) is 6.90. The zero-order valence-electron chi connectivity index (χ0n) is 16.3. The molecule has 1 aromatic carbocycles. The van der Waals surface area contributed by atoms with Gasteiger partial charge < -0.3 is 4.90 Å². The molecular formula is C20H25Cl2N3OS2. The van der Waals surface area contributed by atoms with Gasteiger partial charge in [0.25, 0.3) is 5.91 Å². The Hall–Kier alpha value is -1.18. The molecule has 0 spiro atoms. The summed E-state index contributed by atoms with van der Waals surface area (Å²) in [6.45, 7) is 9.76. The first kappa shape index (κ1) is 23.1. The fourth-order valence-corrected chi connectivity index (χ4v) is 4.97. The van der Waals surface area contributed by atoms with Crippen molar-refractivity contribution in [3.05, 3.63) is 45.1 Å². The number of amides is 1. The Morgan fingerprint density at radius 1 is 1.07 bits per heavy atom. The lowest BCUT2D eigenvalue weighted by atomic mass is 10.2. The molecule has 4 nitrogen and oxygen atoms in total. The van der Waals surface area contributed by atoms with Crippen molar-refractivity contribution in [2.24, 2.45) is 0 Å². The normalized spacial score (nSPS) is 11.0. The van der Waals surface area contributed by atoms with E-state index in [1.54, 1.807) is 28.4 Å². The minimum Gasteiger partial charge on any atom is -0.302 e. The largest absolute Gasteiger partial charge is 0.302 e. The number of benzene rings is 1. The summed E-state index contributed by atoms with van der Waals surface area (Å²) in [6, 6.07) is 9.89. The first-order chi connectivity index (χ1) is 13.0. The second kappa shape index (κ2) is 10.6. The second-order valence-corrected chi connectivity index (χ2v) is 8.96. The highest BCUT2D eigenvalue weighted by Crippen LogP contribution is 2.32. The number of hydrogen-bond donors (Lipinski definition) is 0. The Balaban J connectivity index is 0.00000280. The van der Waals surface area contributed by atoms with E-state index in [0.717, 1.165) is 41.4 Å². The number of hydrogen-bond acceptors (Lipinski definition) is 5. The number of likely N-dealkylation sites (N-methyl/N-ethyl adjacent to an activating group) is 1. The number of aromatic nitrogens is 1. The number of thiophene rings is 1. The average Bonchev–Trinajstić information content (AvgIpc) is 3.30. The van der Waals surface area contributed by atoms with Crippen LogP contribution >= 0.6 is 46.7 Å². The van der Waals surface area contributed by atoms with Crippen molar-refractivity contribution in [1.82, 2.24) is 9.88 Å². The zero-order chi connectivity index (χ0) is 19.4. The summed E-state index contributed by atoms with van der Waals surface area (Å²) >= 11 is 8.95. The van der Waals surface area contributed by atoms with Crippen LogP contribution in [0.25, 0.3) is 10.2 Å². The Kier molecular flexibility index (Phi) is 8.71. The molecule has 2 aromatic heterocycles. The molecule has 0 saturated heterocycles. The summed E-state index contributed by atoms with van der Waals surface area (Å²) in [4.78, 5) is 22.7. The molecule has 0 unspecified atom stereocenters. The zero-order valence-corrected chi connectivity index (χ0v) is 19.5. The Morgan fingerprint density at radius 3 is 2.43 bits per heavy atom. The molecule has 8 heteroatoms. The summed E-state index contributed by atoms with van der Waals surface area (Å²) in [5, 5.41) is 0.750. The van der Waals surface area contributed by atoms with Gasteiger partial charge in [-0.2, -0.15) is 0 Å². The van der Waals surface area contributed by atoms with E-state index in [-0.39, 0.29) is 18.3 Å². The highest BCUT2D eigenvalue weighted by molar-refractivity contribution is 7.22. The van der Waals surface area contributed by atoms with Crippen LogP contribution in [0.3, 0.4) is 0 Å². The monoisotopic (exact) mass is 457 g/mol. The van der Waals surface area contributed by atoms with Gasteiger partial charge in [0.15, 0.2) is 5.13 Å². The number of fused-ring (bicyclic) bond motifs is 1. The van der Waals surface area contributed by atoms with Gasteiger partial charge in [-0.1, -0.05) is 49.8 Å². The molecule has 0 bridgehead atoms. The Bertz CT molecular complexity index is 921. The van der Waals surface area contributed by atoms with E-state index in [0.29, 0.717) is 15.8 Å². The van der Waals surface area contributed by atoms with Crippen molar-refractivity contribution in [3.8, 4) is 0 Å². The van der Waals surface area contributed by atoms with Crippen LogP contribution in [0.1, 0.15) is 36.0 Å². The lowest BCUT2D eigenvalue weighted by molar-refractivity contribution is 0.0987. The molecule has 0 aliphatic carbocycles. The molecule has 152 valence electrons. The number of carbonyl (C=O) groups excluding carboxylic acids is 1. The summed E-state index contributed by atoms with van der Waals surface area (Å²) < 4.78 is 1.74. The van der Waals surface area contributed by atoms with Crippen LogP contribution in [0, 0.1) is 0 Å². The van der Waals surface area contributed by atoms with Crippen molar-refractivity contribution in [2.75, 3.05) is 31.1 Å². The number of nitrogens with zero attached hydrogens (tertiary/aromatic N) is 3. The van der Waals surface area contributed by atoms with Gasteiger partial charge >= 0.3 is 0 Å². The molecule has 0 atom stereocenters. The van der Waals surface area contributed by atoms with Crippen LogP contribution in [0.15, 0.2) is 30.3 Å². The van der Waals surface area contributed by atoms with Crippen LogP contribution in [-0.4, -0.2) is 42.0 Å². The summed E-state index contributed by atoms with van der Waals surface area (Å²) in [5.41, 5.74) is 2.22. The number of halogens is 2. The first-order valence-corrected chi connectivity index (χ1v) is 11.3. The maximum atomic E-state index is 13.2. The van der Waals surface area contributed by atoms with Crippen LogP contribution in [0.5, 0.6) is 0 Å². The molecule has 0 fully saturated rings. The fraction of sp³-hybridized carbons (Fsp3) is 0.400. The molecule has 0 aliphatic heterocycles. The molecule has 0 aliphatic rings. The fourth-order valence-electron chi connectivity index (χ4n) is 2.92. The van der Waals surface area contributed by atoms with E-state index < -0.39 is 0 Å². The standard InChI is InChI=1S/C20H24ClN3OS2.ClH/c1-4-14-7-8-15-17(13-14)27-20(22-15)24(12-11-23(5-2)6-3)19(25)16-9-10-18(21)26-16;/h7-10,13H,4-6,11-12H2,1-3H3;1H. The molecule has 3 aromatic rings. The van der Waals surface area contributed by atoms with Gasteiger partial charge in [-0.05, 0) is 49.3 Å². The minimum absolute atomic E-state index is 0. The van der Waals surface area contributed by atoms with Crippen molar-refractivity contribution in [1.29, 1.82) is 0 Å². The third-order valence-electron chi connectivity index (χ3n) is 4.64. The van der Waals surface area contributed by atoms with Gasteiger partial charge in [0.1, 0.15) is 0 Å². The molecule has 0 saturated carbocycles. The molecule has 3 rings (SSSR count). The van der Waals surface area contributed by atoms with Crippen LogP contribution in [0.2, 0.25) is 4.34 Å². The highest BCUT2D eigenvalue weighted by Gasteiger charge is 2.23. The lowest BCUT2D eigenvalue weighted by Gasteiger charge is -2.24. The maximum Gasteiger partial charge on any atom is 0.270 e. The Morgan fingerprint density at radius 2 is 1.82 bits per heavy atom. The number of carbonyl (C=O) groups is 1. The van der Waals surface area contributed by atoms with Crippen LogP contribution < -0.4 is 4.90 Å². The topological polar surface area (TPSA) is 36.4 Å². The van der Waals surface area contributed by atoms with Crippen molar-refractivity contribution < 1.29 is 4.79 Å². The number of aryl methyl sites for hydroxylation is 1. The van der Waals surface area contributed by atoms with E-state index in [1.165, 1.54) is 16.9 Å². The lowest BCUT2D eigenvalue weighted by Crippen LogP contribution is -2.38. The summed E-state index contributed by atoms with van der Waals surface area (Å²) in [7, 11) is 0. The van der Waals surface area contributed by atoms with E-state index in [2.05, 4.69) is 37.8 Å². The smallest absolute Gasteiger partial charge is 0.270 e. The summed E-state index contributed by atoms with van der Waals surface area (Å²) in [5.74, 6) is -0.0335. The summed E-state index contributed by atoms with van der Waals surface area (Å²) in [6.07, 6.45) is 0.988. The van der Waals surface area contributed by atoms with E-state index in [1.807, 2.05) is 6.07 Å². The van der Waals surface area contributed by atoms with Gasteiger partial charge in [0.05, 0.1) is 19.4 Å². The SMILES string of the molecule is CCc1ccc2nc(N(CCN(CC)CC)C(=O)c3ccc(Cl)s3)sc2c1.Cl. The van der Waals surface area contributed by atoms with Gasteiger partial charge in [0, 0.05) is 13.1 Å². The van der Waals surface area contributed by atoms with Crippen molar-refractivity contribution >= 4 is 67.9 Å². The van der Waals surface area contributed by atoms with Gasteiger partial charge in [0.2, 0.25) is 0 Å². The van der Waals surface area contributed by atoms with E-state index >= 15 is 0 Å². The third kappa shape index (κ3) is 5.24. The highest BCUT2D eigenvalue weighted by atomic mass is 35.5. The van der Waals surface area contributed by atoms with Crippen molar-refractivity contribution in [3.63, 3.8) is 0 Å².